The number of hydrogen-bond donors (Lipinski definition) is 1. The zero-order chi connectivity index (χ0) is 10.3. The molecule has 0 saturated carbocycles. The highest BCUT2D eigenvalue weighted by atomic mass is 35.5. The van der Waals surface area contributed by atoms with Crippen molar-refractivity contribution in [1.29, 1.82) is 0 Å². The number of aromatic nitrogens is 4. The molecule has 6 heteroatoms. The Morgan fingerprint density at radius 1 is 1.57 bits per heavy atom. The quantitative estimate of drug-likeness (QED) is 0.764. The molecule has 14 heavy (non-hydrogen) atoms. The van der Waals surface area contributed by atoms with E-state index in [0.29, 0.717) is 9.92 Å². The highest BCUT2D eigenvalue weighted by Crippen LogP contribution is 2.21. The molecule has 0 aromatic carbocycles. The van der Waals surface area contributed by atoms with Gasteiger partial charge in [-0.25, -0.2) is 4.98 Å². The van der Waals surface area contributed by atoms with E-state index < -0.39 is 0 Å². The van der Waals surface area contributed by atoms with Crippen molar-refractivity contribution in [3.05, 3.63) is 21.9 Å². The smallest absolute Gasteiger partial charge is 0.199 e. The van der Waals surface area contributed by atoms with Crippen molar-refractivity contribution in [3.63, 3.8) is 0 Å². The summed E-state index contributed by atoms with van der Waals surface area (Å²) in [4.78, 5) is 4.25. The van der Waals surface area contributed by atoms with Gasteiger partial charge in [0.1, 0.15) is 11.3 Å². The molecule has 0 amide bonds. The van der Waals surface area contributed by atoms with Gasteiger partial charge in [-0.15, -0.1) is 0 Å². The average Bonchev–Trinajstić information content (AvgIpc) is 2.46. The van der Waals surface area contributed by atoms with Gasteiger partial charge >= 0.3 is 0 Å². The van der Waals surface area contributed by atoms with E-state index in [2.05, 4.69) is 15.2 Å². The minimum Gasteiger partial charge on any atom is -0.269 e. The number of H-pyrrole nitrogens is 1. The molecule has 0 fully saturated rings. The SMILES string of the molecule is CC(C)c1nc(Cl)c2cn[nH]c(=S)n12. The van der Waals surface area contributed by atoms with Gasteiger partial charge in [0.15, 0.2) is 9.92 Å². The molecule has 0 aliphatic carbocycles. The van der Waals surface area contributed by atoms with Crippen LogP contribution in [0.2, 0.25) is 5.15 Å². The molecule has 0 unspecified atom stereocenters. The Bertz CT molecular complexity index is 528. The van der Waals surface area contributed by atoms with Gasteiger partial charge in [0.25, 0.3) is 0 Å². The van der Waals surface area contributed by atoms with Crippen molar-refractivity contribution in [2.75, 3.05) is 0 Å². The fourth-order valence-corrected chi connectivity index (χ4v) is 1.80. The van der Waals surface area contributed by atoms with Crippen LogP contribution in [0.25, 0.3) is 5.52 Å². The van der Waals surface area contributed by atoms with Gasteiger partial charge in [0.05, 0.1) is 6.20 Å². The molecule has 2 aromatic heterocycles. The van der Waals surface area contributed by atoms with Gasteiger partial charge in [0, 0.05) is 5.92 Å². The van der Waals surface area contributed by atoms with Crippen LogP contribution in [0.3, 0.4) is 0 Å². The molecular weight excluding hydrogens is 220 g/mol. The first kappa shape index (κ1) is 9.61. The predicted molar refractivity (Wildman–Crippen MR) is 57.3 cm³/mol. The summed E-state index contributed by atoms with van der Waals surface area (Å²) < 4.78 is 2.33. The lowest BCUT2D eigenvalue weighted by Gasteiger charge is -2.02. The van der Waals surface area contributed by atoms with Gasteiger partial charge in [0.2, 0.25) is 0 Å². The molecule has 0 atom stereocenters. The van der Waals surface area contributed by atoms with E-state index in [0.717, 1.165) is 11.3 Å². The van der Waals surface area contributed by atoms with E-state index in [9.17, 15) is 0 Å². The van der Waals surface area contributed by atoms with Gasteiger partial charge in [-0.1, -0.05) is 25.4 Å². The summed E-state index contributed by atoms with van der Waals surface area (Å²) >= 11 is 11.1. The van der Waals surface area contributed by atoms with Gasteiger partial charge in [-0.3, -0.25) is 9.50 Å². The number of nitrogens with one attached hydrogen (secondary N) is 1. The van der Waals surface area contributed by atoms with E-state index in [-0.39, 0.29) is 5.92 Å². The van der Waals surface area contributed by atoms with Crippen LogP contribution in [-0.2, 0) is 0 Å². The number of rotatable bonds is 1. The lowest BCUT2D eigenvalue weighted by atomic mass is 10.2. The standard InChI is InChI=1S/C8H9ClN4S/c1-4(2)7-11-6(9)5-3-10-12-8(14)13(5)7/h3-4H,1-2H3,(H,12,14). The van der Waals surface area contributed by atoms with E-state index in [1.165, 1.54) is 0 Å². The normalized spacial score (nSPS) is 11.4. The van der Waals surface area contributed by atoms with Crippen LogP contribution < -0.4 is 0 Å². The van der Waals surface area contributed by atoms with Crippen molar-refractivity contribution in [1.82, 2.24) is 19.6 Å². The maximum atomic E-state index is 5.96. The average molecular weight is 229 g/mol. The summed E-state index contributed by atoms with van der Waals surface area (Å²) in [6.07, 6.45) is 1.62. The largest absolute Gasteiger partial charge is 0.269 e. The van der Waals surface area contributed by atoms with Crippen LogP contribution in [0.4, 0.5) is 0 Å². The summed E-state index contributed by atoms with van der Waals surface area (Å²) in [5.74, 6) is 1.13. The first-order chi connectivity index (χ1) is 6.61. The van der Waals surface area contributed by atoms with Crippen molar-refractivity contribution in [2.24, 2.45) is 0 Å². The van der Waals surface area contributed by atoms with Crippen LogP contribution in [0.1, 0.15) is 25.6 Å². The topological polar surface area (TPSA) is 46.0 Å². The molecule has 0 aliphatic rings. The fourth-order valence-electron chi connectivity index (χ4n) is 1.33. The number of imidazole rings is 1. The second kappa shape index (κ2) is 3.33. The van der Waals surface area contributed by atoms with Crippen molar-refractivity contribution in [2.45, 2.75) is 19.8 Å². The van der Waals surface area contributed by atoms with Crippen LogP contribution >= 0.6 is 23.8 Å². The van der Waals surface area contributed by atoms with Crippen LogP contribution in [0.15, 0.2) is 6.20 Å². The summed E-state index contributed by atoms with van der Waals surface area (Å²) in [5.41, 5.74) is 0.749. The molecule has 0 radical (unpaired) electrons. The van der Waals surface area contributed by atoms with Crippen LogP contribution in [0.5, 0.6) is 0 Å². The lowest BCUT2D eigenvalue weighted by Crippen LogP contribution is -2.00. The Labute approximate surface area is 90.9 Å². The van der Waals surface area contributed by atoms with Crippen LogP contribution in [-0.4, -0.2) is 19.6 Å². The third-order valence-corrected chi connectivity index (χ3v) is 2.51. The van der Waals surface area contributed by atoms with Gasteiger partial charge in [-0.2, -0.15) is 5.10 Å². The molecule has 0 spiro atoms. The third-order valence-electron chi connectivity index (χ3n) is 1.96. The van der Waals surface area contributed by atoms with Gasteiger partial charge < -0.3 is 0 Å². The predicted octanol–water partition coefficient (Wildman–Crippen LogP) is 2.56. The zero-order valence-electron chi connectivity index (χ0n) is 7.78. The molecule has 2 heterocycles. The molecule has 2 aromatic rings. The first-order valence-electron chi connectivity index (χ1n) is 4.22. The van der Waals surface area contributed by atoms with Crippen LogP contribution in [0, 0.1) is 4.77 Å². The van der Waals surface area contributed by atoms with Crippen molar-refractivity contribution < 1.29 is 0 Å². The fraction of sp³-hybridized carbons (Fsp3) is 0.375. The van der Waals surface area contributed by atoms with Crippen molar-refractivity contribution in [3.8, 4) is 0 Å². The lowest BCUT2D eigenvalue weighted by molar-refractivity contribution is 0.751. The molecule has 0 aliphatic heterocycles. The summed E-state index contributed by atoms with van der Waals surface area (Å²) in [7, 11) is 0. The second-order valence-corrected chi connectivity index (χ2v) is 4.06. The van der Waals surface area contributed by atoms with E-state index in [1.807, 2.05) is 18.2 Å². The number of fused-ring (bicyclic) bond motifs is 1. The second-order valence-electron chi connectivity index (χ2n) is 3.31. The molecule has 74 valence electrons. The van der Waals surface area contributed by atoms with Crippen molar-refractivity contribution >= 4 is 29.3 Å². The third kappa shape index (κ3) is 1.33. The minimum absolute atomic E-state index is 0.271. The monoisotopic (exact) mass is 228 g/mol. The van der Waals surface area contributed by atoms with Gasteiger partial charge in [-0.05, 0) is 12.2 Å². The van der Waals surface area contributed by atoms with E-state index >= 15 is 0 Å². The highest BCUT2D eigenvalue weighted by molar-refractivity contribution is 7.71. The summed E-state index contributed by atoms with van der Waals surface area (Å²) in [6.45, 7) is 4.08. The number of nitrogens with zero attached hydrogens (tertiary/aromatic N) is 3. The Kier molecular flexibility index (Phi) is 2.28. The summed E-state index contributed by atoms with van der Waals surface area (Å²) in [6, 6.07) is 0. The number of aromatic amines is 1. The minimum atomic E-state index is 0.271. The highest BCUT2D eigenvalue weighted by Gasteiger charge is 2.13. The maximum absolute atomic E-state index is 5.96. The summed E-state index contributed by atoms with van der Waals surface area (Å²) in [5, 5.41) is 7.03. The Hall–Kier alpha value is -0.940. The molecule has 0 saturated heterocycles. The van der Waals surface area contributed by atoms with E-state index in [4.69, 9.17) is 23.8 Å². The molecule has 2 rings (SSSR count). The number of halogens is 1. The molecule has 4 nitrogen and oxygen atoms in total. The molecular formula is C8H9ClN4S. The Morgan fingerprint density at radius 2 is 2.29 bits per heavy atom. The molecule has 0 bridgehead atoms. The first-order valence-corrected chi connectivity index (χ1v) is 5.01. The zero-order valence-corrected chi connectivity index (χ0v) is 9.35. The number of hydrogen-bond acceptors (Lipinski definition) is 3. The Balaban J connectivity index is 2.93. The van der Waals surface area contributed by atoms with E-state index in [1.54, 1.807) is 6.20 Å². The molecule has 1 N–H and O–H groups in total. The Morgan fingerprint density at radius 3 is 2.93 bits per heavy atom. The maximum Gasteiger partial charge on any atom is 0.199 e.